The highest BCUT2D eigenvalue weighted by atomic mass is 19.3. The van der Waals surface area contributed by atoms with Gasteiger partial charge in [0.2, 0.25) is 5.91 Å². The van der Waals surface area contributed by atoms with E-state index in [1.54, 1.807) is 24.3 Å². The molecule has 0 aromatic heterocycles. The van der Waals surface area contributed by atoms with E-state index < -0.39 is 41.8 Å². The summed E-state index contributed by atoms with van der Waals surface area (Å²) in [6.45, 7) is 0.783. The molecular formula is C17H18F3NO3. The number of rotatable bonds is 4. The Bertz CT molecular complexity index is 652. The summed E-state index contributed by atoms with van der Waals surface area (Å²) in [5.41, 5.74) is -1.09. The lowest BCUT2D eigenvalue weighted by Gasteiger charge is -2.26. The van der Waals surface area contributed by atoms with E-state index in [1.165, 1.54) is 0 Å². The second kappa shape index (κ2) is 5.79. The monoisotopic (exact) mass is 341 g/mol. The Hall–Kier alpha value is -2.05. The van der Waals surface area contributed by atoms with E-state index in [1.807, 2.05) is 6.07 Å². The van der Waals surface area contributed by atoms with Crippen LogP contribution in [0, 0.1) is 5.41 Å². The number of ether oxygens (including phenoxy) is 1. The fourth-order valence-electron chi connectivity index (χ4n) is 3.01. The molecule has 1 saturated carbocycles. The molecule has 4 nitrogen and oxygen atoms in total. The maximum atomic E-state index is 13.7. The van der Waals surface area contributed by atoms with E-state index >= 15 is 0 Å². The van der Waals surface area contributed by atoms with Crippen molar-refractivity contribution in [2.24, 2.45) is 5.41 Å². The standard InChI is InChI=1S/C17H18F3NO3/c1-16(10-17(16,19)20)15(23)21-8-12(18)7-13(21)14(22)24-9-11-5-3-2-4-6-11/h2-6,12-13H,7-10H2,1H3/t12-,13+,16?/m1/s1. The first-order valence-electron chi connectivity index (χ1n) is 7.78. The summed E-state index contributed by atoms with van der Waals surface area (Å²) >= 11 is 0. The molecule has 1 aromatic rings. The summed E-state index contributed by atoms with van der Waals surface area (Å²) in [6.07, 6.45) is -2.21. The lowest BCUT2D eigenvalue weighted by atomic mass is 10.1. The van der Waals surface area contributed by atoms with Gasteiger partial charge in [-0.15, -0.1) is 0 Å². The van der Waals surface area contributed by atoms with Gasteiger partial charge in [-0.25, -0.2) is 18.0 Å². The molecule has 7 heteroatoms. The number of nitrogens with zero attached hydrogens (tertiary/aromatic N) is 1. The summed E-state index contributed by atoms with van der Waals surface area (Å²) < 4.78 is 45.7. The molecule has 1 amide bonds. The Morgan fingerprint density at radius 3 is 2.50 bits per heavy atom. The van der Waals surface area contributed by atoms with E-state index in [4.69, 9.17) is 4.74 Å². The fourth-order valence-corrected chi connectivity index (χ4v) is 3.01. The van der Waals surface area contributed by atoms with E-state index in [0.717, 1.165) is 17.4 Å². The number of carbonyl (C=O) groups excluding carboxylic acids is 2. The van der Waals surface area contributed by atoms with Gasteiger partial charge in [0, 0.05) is 12.8 Å². The van der Waals surface area contributed by atoms with Crippen LogP contribution in [0.4, 0.5) is 13.2 Å². The number of hydrogen-bond donors (Lipinski definition) is 0. The Labute approximate surface area is 137 Å². The molecule has 1 heterocycles. The molecule has 3 rings (SSSR count). The highest BCUT2D eigenvalue weighted by Gasteiger charge is 2.74. The van der Waals surface area contributed by atoms with Crippen LogP contribution in [0.15, 0.2) is 30.3 Å². The quantitative estimate of drug-likeness (QED) is 0.791. The highest BCUT2D eigenvalue weighted by molar-refractivity contribution is 5.91. The molecule has 1 aromatic carbocycles. The smallest absolute Gasteiger partial charge is 0.329 e. The number of carbonyl (C=O) groups is 2. The van der Waals surface area contributed by atoms with Crippen LogP contribution in [0.2, 0.25) is 0 Å². The summed E-state index contributed by atoms with van der Waals surface area (Å²) in [5, 5.41) is 0. The SMILES string of the molecule is CC1(C(=O)N2C[C@H](F)C[C@H]2C(=O)OCc2ccccc2)CC1(F)F. The van der Waals surface area contributed by atoms with E-state index in [9.17, 15) is 22.8 Å². The third-order valence-electron chi connectivity index (χ3n) is 4.74. The minimum absolute atomic E-state index is 0.0113. The summed E-state index contributed by atoms with van der Waals surface area (Å²) in [7, 11) is 0. The average molecular weight is 341 g/mol. The van der Waals surface area contributed by atoms with Crippen LogP contribution in [0.25, 0.3) is 0 Å². The largest absolute Gasteiger partial charge is 0.459 e. The predicted octanol–water partition coefficient (Wildman–Crippen LogP) is 2.71. The van der Waals surface area contributed by atoms with Crippen LogP contribution >= 0.6 is 0 Å². The average Bonchev–Trinajstić information content (AvgIpc) is 2.89. The Morgan fingerprint density at radius 1 is 1.29 bits per heavy atom. The van der Waals surface area contributed by atoms with E-state index in [0.29, 0.717) is 0 Å². The number of amides is 1. The van der Waals surface area contributed by atoms with Crippen molar-refractivity contribution in [3.63, 3.8) is 0 Å². The first-order valence-corrected chi connectivity index (χ1v) is 7.78. The molecule has 0 spiro atoms. The lowest BCUT2D eigenvalue weighted by molar-refractivity contribution is -0.157. The third kappa shape index (κ3) is 2.87. The normalized spacial score (nSPS) is 30.9. The molecule has 0 N–H and O–H groups in total. The fraction of sp³-hybridized carbons (Fsp3) is 0.529. The van der Waals surface area contributed by atoms with Gasteiger partial charge in [0.15, 0.2) is 0 Å². The van der Waals surface area contributed by atoms with Gasteiger partial charge in [-0.2, -0.15) is 0 Å². The molecule has 1 aliphatic carbocycles. The number of esters is 1. The van der Waals surface area contributed by atoms with E-state index in [2.05, 4.69) is 0 Å². The van der Waals surface area contributed by atoms with Crippen molar-refractivity contribution in [1.82, 2.24) is 4.90 Å². The molecule has 130 valence electrons. The van der Waals surface area contributed by atoms with Crippen molar-refractivity contribution in [2.75, 3.05) is 6.54 Å². The minimum Gasteiger partial charge on any atom is -0.459 e. The number of likely N-dealkylation sites (tertiary alicyclic amines) is 1. The van der Waals surface area contributed by atoms with E-state index in [-0.39, 0.29) is 19.6 Å². The maximum absolute atomic E-state index is 13.7. The Morgan fingerprint density at radius 2 is 1.92 bits per heavy atom. The first kappa shape index (κ1) is 16.8. The summed E-state index contributed by atoms with van der Waals surface area (Å²) in [6, 6.07) is 7.74. The maximum Gasteiger partial charge on any atom is 0.329 e. The number of benzene rings is 1. The van der Waals surface area contributed by atoms with Crippen LogP contribution in [-0.4, -0.2) is 41.5 Å². The van der Waals surface area contributed by atoms with Gasteiger partial charge in [-0.05, 0) is 12.5 Å². The molecule has 2 aliphatic rings. The molecule has 0 bridgehead atoms. The van der Waals surface area contributed by atoms with Gasteiger partial charge in [0.25, 0.3) is 5.92 Å². The number of halogens is 3. The lowest BCUT2D eigenvalue weighted by Crippen LogP contribution is -2.45. The minimum atomic E-state index is -3.10. The van der Waals surface area contributed by atoms with Crippen LogP contribution in [0.3, 0.4) is 0 Å². The Kier molecular flexibility index (Phi) is 4.05. The van der Waals surface area contributed by atoms with Crippen LogP contribution in [0.1, 0.15) is 25.3 Å². The molecule has 1 unspecified atom stereocenters. The van der Waals surface area contributed by atoms with Crippen molar-refractivity contribution < 1.29 is 27.5 Å². The molecular weight excluding hydrogens is 323 g/mol. The van der Waals surface area contributed by atoms with Crippen LogP contribution in [-0.2, 0) is 20.9 Å². The second-order valence-corrected chi connectivity index (χ2v) is 6.61. The van der Waals surface area contributed by atoms with Crippen molar-refractivity contribution in [1.29, 1.82) is 0 Å². The van der Waals surface area contributed by atoms with Gasteiger partial charge in [-0.1, -0.05) is 30.3 Å². The van der Waals surface area contributed by atoms with Gasteiger partial charge < -0.3 is 9.64 Å². The molecule has 1 aliphatic heterocycles. The molecule has 3 atom stereocenters. The molecule has 24 heavy (non-hydrogen) atoms. The Balaban J connectivity index is 1.67. The number of hydrogen-bond acceptors (Lipinski definition) is 3. The van der Waals surface area contributed by atoms with Gasteiger partial charge >= 0.3 is 5.97 Å². The van der Waals surface area contributed by atoms with Crippen molar-refractivity contribution >= 4 is 11.9 Å². The van der Waals surface area contributed by atoms with Crippen LogP contribution in [0.5, 0.6) is 0 Å². The highest BCUT2D eigenvalue weighted by Crippen LogP contribution is 2.61. The topological polar surface area (TPSA) is 46.6 Å². The molecule has 2 fully saturated rings. The predicted molar refractivity (Wildman–Crippen MR) is 78.9 cm³/mol. The summed E-state index contributed by atoms with van der Waals surface area (Å²) in [4.78, 5) is 25.5. The van der Waals surface area contributed by atoms with Crippen molar-refractivity contribution in [3.8, 4) is 0 Å². The van der Waals surface area contributed by atoms with Crippen molar-refractivity contribution in [2.45, 2.75) is 44.5 Å². The first-order chi connectivity index (χ1) is 11.2. The van der Waals surface area contributed by atoms with Crippen molar-refractivity contribution in [3.05, 3.63) is 35.9 Å². The molecule has 1 saturated heterocycles. The molecule has 0 radical (unpaired) electrons. The second-order valence-electron chi connectivity index (χ2n) is 6.61. The summed E-state index contributed by atoms with van der Waals surface area (Å²) in [5.74, 6) is -4.74. The van der Waals surface area contributed by atoms with Crippen LogP contribution < -0.4 is 0 Å². The third-order valence-corrected chi connectivity index (χ3v) is 4.74. The zero-order valence-electron chi connectivity index (χ0n) is 13.2. The van der Waals surface area contributed by atoms with Gasteiger partial charge in [0.1, 0.15) is 24.2 Å². The van der Waals surface area contributed by atoms with Gasteiger partial charge in [0.05, 0.1) is 6.54 Å². The zero-order chi connectivity index (χ0) is 17.5. The van der Waals surface area contributed by atoms with Gasteiger partial charge in [-0.3, -0.25) is 4.79 Å². The zero-order valence-corrected chi connectivity index (χ0v) is 13.2. The number of alkyl halides is 3.